The fraction of sp³-hybridized carbons (Fsp3) is 0.231. The monoisotopic (exact) mass is 341 g/mol. The van der Waals surface area contributed by atoms with Crippen LogP contribution in [0.1, 0.15) is 22.4 Å². The summed E-state index contributed by atoms with van der Waals surface area (Å²) in [6.45, 7) is 2.44. The summed E-state index contributed by atoms with van der Waals surface area (Å²) in [5, 5.41) is 2.41. The van der Waals surface area contributed by atoms with Crippen LogP contribution < -0.4 is 4.74 Å². The summed E-state index contributed by atoms with van der Waals surface area (Å²) in [6.07, 6.45) is 0. The van der Waals surface area contributed by atoms with E-state index in [1.807, 2.05) is 24.3 Å². The molecule has 0 bridgehead atoms. The second-order valence-corrected chi connectivity index (χ2v) is 5.36. The van der Waals surface area contributed by atoms with Crippen molar-refractivity contribution >= 4 is 33.2 Å². The number of thiazole rings is 1. The first-order chi connectivity index (χ1) is 9.20. The maximum absolute atomic E-state index is 11.5. The maximum atomic E-state index is 11.5. The van der Waals surface area contributed by atoms with E-state index in [1.165, 1.54) is 11.3 Å². The lowest BCUT2D eigenvalue weighted by Crippen LogP contribution is -2.05. The zero-order valence-corrected chi connectivity index (χ0v) is 12.7. The van der Waals surface area contributed by atoms with Crippen LogP contribution in [0.3, 0.4) is 0 Å². The summed E-state index contributed by atoms with van der Waals surface area (Å²) in [7, 11) is 0. The molecule has 0 unspecified atom stereocenters. The highest BCUT2D eigenvalue weighted by atomic mass is 79.9. The number of nitrogens with zero attached hydrogens (tertiary/aromatic N) is 1. The van der Waals surface area contributed by atoms with E-state index in [9.17, 15) is 4.79 Å². The molecule has 2 rings (SSSR count). The van der Waals surface area contributed by atoms with Gasteiger partial charge in [-0.2, -0.15) is 0 Å². The van der Waals surface area contributed by atoms with Crippen molar-refractivity contribution in [1.29, 1.82) is 0 Å². The number of carbonyl (C=O) groups is 1. The van der Waals surface area contributed by atoms with Crippen molar-refractivity contribution in [2.75, 3.05) is 6.61 Å². The molecule has 4 nitrogen and oxygen atoms in total. The van der Waals surface area contributed by atoms with Gasteiger partial charge in [0.1, 0.15) is 17.4 Å². The second kappa shape index (κ2) is 6.68. The van der Waals surface area contributed by atoms with Crippen molar-refractivity contribution in [2.24, 2.45) is 0 Å². The van der Waals surface area contributed by atoms with E-state index in [4.69, 9.17) is 9.47 Å². The predicted molar refractivity (Wildman–Crippen MR) is 76.5 cm³/mol. The second-order valence-electron chi connectivity index (χ2n) is 3.57. The third-order valence-corrected chi connectivity index (χ3v) is 3.70. The minimum Gasteiger partial charge on any atom is -0.485 e. The van der Waals surface area contributed by atoms with Crippen LogP contribution in [0.15, 0.2) is 34.1 Å². The molecule has 0 fully saturated rings. The molecule has 2 aromatic rings. The summed E-state index contributed by atoms with van der Waals surface area (Å²) in [5.41, 5.74) is 0.331. The summed E-state index contributed by atoms with van der Waals surface area (Å²) < 4.78 is 11.4. The highest BCUT2D eigenvalue weighted by Crippen LogP contribution is 2.25. The van der Waals surface area contributed by atoms with Crippen LogP contribution in [-0.4, -0.2) is 17.6 Å². The lowest BCUT2D eigenvalue weighted by Gasteiger charge is -2.05. The van der Waals surface area contributed by atoms with Gasteiger partial charge >= 0.3 is 5.97 Å². The predicted octanol–water partition coefficient (Wildman–Crippen LogP) is 3.66. The third kappa shape index (κ3) is 3.78. The molecule has 100 valence electrons. The summed E-state index contributed by atoms with van der Waals surface area (Å²) in [4.78, 5) is 15.6. The van der Waals surface area contributed by atoms with Crippen molar-refractivity contribution < 1.29 is 14.3 Å². The van der Waals surface area contributed by atoms with Crippen LogP contribution in [0.4, 0.5) is 0 Å². The van der Waals surface area contributed by atoms with Gasteiger partial charge in [-0.1, -0.05) is 12.1 Å². The lowest BCUT2D eigenvalue weighted by atomic mass is 10.3. The van der Waals surface area contributed by atoms with Crippen molar-refractivity contribution in [3.05, 3.63) is 44.8 Å². The van der Waals surface area contributed by atoms with Crippen molar-refractivity contribution in [3.63, 3.8) is 0 Å². The minimum absolute atomic E-state index is 0.326. The molecule has 19 heavy (non-hydrogen) atoms. The first kappa shape index (κ1) is 14.0. The van der Waals surface area contributed by atoms with E-state index >= 15 is 0 Å². The molecule has 0 saturated carbocycles. The maximum Gasteiger partial charge on any atom is 0.357 e. The number of ether oxygens (including phenoxy) is 2. The number of benzene rings is 1. The summed E-state index contributed by atoms with van der Waals surface area (Å²) in [5.74, 6) is 0.348. The average Bonchev–Trinajstić information content (AvgIpc) is 2.87. The minimum atomic E-state index is -0.397. The first-order valence-corrected chi connectivity index (χ1v) is 7.37. The van der Waals surface area contributed by atoms with Crippen LogP contribution in [0.5, 0.6) is 5.75 Å². The third-order valence-electron chi connectivity index (χ3n) is 2.22. The zero-order valence-electron chi connectivity index (χ0n) is 10.3. The molecule has 0 N–H and O–H groups in total. The number of carbonyl (C=O) groups excluding carboxylic acids is 1. The zero-order chi connectivity index (χ0) is 13.7. The molecule has 0 atom stereocenters. The lowest BCUT2D eigenvalue weighted by molar-refractivity contribution is 0.0520. The Balaban J connectivity index is 1.97. The van der Waals surface area contributed by atoms with Gasteiger partial charge in [0.05, 0.1) is 11.1 Å². The van der Waals surface area contributed by atoms with E-state index in [1.54, 1.807) is 12.3 Å². The van der Waals surface area contributed by atoms with Gasteiger partial charge in [0.15, 0.2) is 5.69 Å². The first-order valence-electron chi connectivity index (χ1n) is 5.69. The van der Waals surface area contributed by atoms with Gasteiger partial charge in [0, 0.05) is 5.38 Å². The van der Waals surface area contributed by atoms with Crippen molar-refractivity contribution in [3.8, 4) is 5.75 Å². The van der Waals surface area contributed by atoms with E-state index < -0.39 is 5.97 Å². The number of rotatable bonds is 5. The van der Waals surface area contributed by atoms with Gasteiger partial charge < -0.3 is 9.47 Å². The highest BCUT2D eigenvalue weighted by molar-refractivity contribution is 9.10. The fourth-order valence-electron chi connectivity index (χ4n) is 1.38. The topological polar surface area (TPSA) is 48.4 Å². The highest BCUT2D eigenvalue weighted by Gasteiger charge is 2.12. The molecule has 1 heterocycles. The van der Waals surface area contributed by atoms with E-state index in [-0.39, 0.29) is 0 Å². The number of halogens is 1. The molecule has 6 heteroatoms. The standard InChI is InChI=1S/C13H12BrNO3S/c1-2-17-13(16)10-8-19-12(15-10)7-18-11-6-4-3-5-9(11)14/h3-6,8H,2,7H2,1H3. The quantitative estimate of drug-likeness (QED) is 0.778. The summed E-state index contributed by atoms with van der Waals surface area (Å²) in [6, 6.07) is 7.58. The molecule has 0 aliphatic rings. The van der Waals surface area contributed by atoms with E-state index in [2.05, 4.69) is 20.9 Å². The Morgan fingerprint density at radius 3 is 2.95 bits per heavy atom. The van der Waals surface area contributed by atoms with Gasteiger partial charge in [-0.25, -0.2) is 9.78 Å². The number of esters is 1. The van der Waals surface area contributed by atoms with Crippen molar-refractivity contribution in [2.45, 2.75) is 13.5 Å². The Kier molecular flexibility index (Phi) is 4.93. The Labute approximate surface area is 123 Å². The molecule has 1 aromatic carbocycles. The largest absolute Gasteiger partial charge is 0.485 e. The fourth-order valence-corrected chi connectivity index (χ4v) is 2.45. The van der Waals surface area contributed by atoms with Gasteiger partial charge in [0.25, 0.3) is 0 Å². The smallest absolute Gasteiger partial charge is 0.357 e. The van der Waals surface area contributed by atoms with E-state index in [0.717, 1.165) is 15.2 Å². The Bertz CT molecular complexity index is 571. The van der Waals surface area contributed by atoms with Gasteiger partial charge in [-0.05, 0) is 35.0 Å². The SMILES string of the molecule is CCOC(=O)c1csc(COc2ccccc2Br)n1. The Morgan fingerprint density at radius 1 is 1.42 bits per heavy atom. The molecule has 1 aromatic heterocycles. The Hall–Kier alpha value is -1.40. The van der Waals surface area contributed by atoms with Crippen LogP contribution in [-0.2, 0) is 11.3 Å². The number of para-hydroxylation sites is 1. The van der Waals surface area contributed by atoms with Crippen LogP contribution >= 0.6 is 27.3 Å². The number of aromatic nitrogens is 1. The molecule has 0 aliphatic carbocycles. The van der Waals surface area contributed by atoms with Gasteiger partial charge in [-0.15, -0.1) is 11.3 Å². The normalized spacial score (nSPS) is 10.2. The molecule has 0 spiro atoms. The van der Waals surface area contributed by atoms with Crippen LogP contribution in [0.2, 0.25) is 0 Å². The van der Waals surface area contributed by atoms with Crippen LogP contribution in [0, 0.1) is 0 Å². The molecular weight excluding hydrogens is 330 g/mol. The number of hydrogen-bond donors (Lipinski definition) is 0. The van der Waals surface area contributed by atoms with Gasteiger partial charge in [-0.3, -0.25) is 0 Å². The van der Waals surface area contributed by atoms with Crippen molar-refractivity contribution in [1.82, 2.24) is 4.98 Å². The van der Waals surface area contributed by atoms with E-state index in [0.29, 0.717) is 18.9 Å². The average molecular weight is 342 g/mol. The van der Waals surface area contributed by atoms with Gasteiger partial charge in [0.2, 0.25) is 0 Å². The molecule has 0 amide bonds. The van der Waals surface area contributed by atoms with Crippen LogP contribution in [0.25, 0.3) is 0 Å². The molecule has 0 radical (unpaired) electrons. The summed E-state index contributed by atoms with van der Waals surface area (Å²) >= 11 is 4.78. The molecular formula is C13H12BrNO3S. The molecule has 0 saturated heterocycles. The molecule has 0 aliphatic heterocycles. The number of hydrogen-bond acceptors (Lipinski definition) is 5. The Morgan fingerprint density at radius 2 is 2.21 bits per heavy atom.